The molecule has 3 heteroatoms. The molecule has 2 rings (SSSR count). The fourth-order valence-electron chi connectivity index (χ4n) is 1.54. The van der Waals surface area contributed by atoms with Gasteiger partial charge >= 0.3 is 0 Å². The molecule has 0 unspecified atom stereocenters. The van der Waals surface area contributed by atoms with Gasteiger partial charge in [-0.25, -0.2) is 0 Å². The highest BCUT2D eigenvalue weighted by molar-refractivity contribution is 6.36. The predicted octanol–water partition coefficient (Wildman–Crippen LogP) is 4.84. The molecule has 1 aromatic carbocycles. The number of rotatable bonds is 0. The van der Waals surface area contributed by atoms with Gasteiger partial charge in [0.2, 0.25) is 0 Å². The molecule has 0 atom stereocenters. The second-order valence-electron chi connectivity index (χ2n) is 4.90. The molecule has 1 nitrogen and oxygen atoms in total. The third-order valence-corrected chi connectivity index (χ3v) is 3.04. The van der Waals surface area contributed by atoms with Crippen LogP contribution >= 0.6 is 23.2 Å². The van der Waals surface area contributed by atoms with E-state index in [1.807, 2.05) is 24.3 Å². The lowest BCUT2D eigenvalue weighted by atomic mass is 9.91. The van der Waals surface area contributed by atoms with Crippen LogP contribution < -0.4 is 0 Å². The summed E-state index contributed by atoms with van der Waals surface area (Å²) in [6.07, 6.45) is 0. The number of hydrogen-bond acceptors (Lipinski definition) is 1. The van der Waals surface area contributed by atoms with Crippen molar-refractivity contribution in [2.24, 2.45) is 0 Å². The molecule has 0 aliphatic rings. The van der Waals surface area contributed by atoms with E-state index in [0.29, 0.717) is 5.02 Å². The molecule has 0 aliphatic carbocycles. The largest absolute Gasteiger partial charge is 0.252 e. The molecule has 84 valence electrons. The number of hydrogen-bond donors (Lipinski definition) is 0. The zero-order valence-electron chi connectivity index (χ0n) is 9.51. The summed E-state index contributed by atoms with van der Waals surface area (Å²) in [5, 5.41) is 2.35. The Morgan fingerprint density at radius 2 is 1.75 bits per heavy atom. The van der Waals surface area contributed by atoms with Gasteiger partial charge in [-0.2, -0.15) is 0 Å². The van der Waals surface area contributed by atoms with Crippen LogP contribution in [0.2, 0.25) is 10.0 Å². The molecule has 16 heavy (non-hydrogen) atoms. The fraction of sp³-hybridized carbons (Fsp3) is 0.308. The summed E-state index contributed by atoms with van der Waals surface area (Å²) in [5.41, 5.74) is 1.82. The van der Waals surface area contributed by atoms with E-state index in [1.54, 1.807) is 0 Å². The summed E-state index contributed by atoms with van der Waals surface area (Å²) < 4.78 is 0. The van der Waals surface area contributed by atoms with Crippen LogP contribution in [0.5, 0.6) is 0 Å². The Hall–Kier alpha value is -0.790. The first-order valence-corrected chi connectivity index (χ1v) is 5.90. The Labute approximate surface area is 105 Å². The molecular formula is C13H13Cl2N. The molecule has 0 saturated heterocycles. The third-order valence-electron chi connectivity index (χ3n) is 2.49. The lowest BCUT2D eigenvalue weighted by molar-refractivity contribution is 0.571. The van der Waals surface area contributed by atoms with Crippen LogP contribution in [0.3, 0.4) is 0 Å². The molecule has 0 aliphatic heterocycles. The Bertz CT molecular complexity index is 541. The summed E-state index contributed by atoms with van der Waals surface area (Å²) in [5.74, 6) is 0. The van der Waals surface area contributed by atoms with Gasteiger partial charge in [0.1, 0.15) is 0 Å². The summed E-state index contributed by atoms with van der Waals surface area (Å²) in [6.45, 7) is 6.34. The first kappa shape index (κ1) is 11.7. The monoisotopic (exact) mass is 253 g/mol. The van der Waals surface area contributed by atoms with Crippen molar-refractivity contribution < 1.29 is 0 Å². The highest BCUT2D eigenvalue weighted by Gasteiger charge is 2.17. The molecule has 1 heterocycles. The van der Waals surface area contributed by atoms with E-state index >= 15 is 0 Å². The van der Waals surface area contributed by atoms with Crippen LogP contribution in [0, 0.1) is 0 Å². The molecule has 0 saturated carbocycles. The number of aromatic nitrogens is 1. The molecule has 0 amide bonds. The zero-order valence-corrected chi connectivity index (χ0v) is 11.0. The molecule has 0 spiro atoms. The zero-order chi connectivity index (χ0) is 11.9. The maximum absolute atomic E-state index is 6.24. The smallest absolute Gasteiger partial charge is 0.0735 e. The minimum atomic E-state index is -0.0137. The maximum Gasteiger partial charge on any atom is 0.0735 e. The Morgan fingerprint density at radius 3 is 2.38 bits per heavy atom. The molecule has 0 radical (unpaired) electrons. The van der Waals surface area contributed by atoms with Crippen molar-refractivity contribution in [1.82, 2.24) is 4.98 Å². The van der Waals surface area contributed by atoms with Crippen LogP contribution in [0.4, 0.5) is 0 Å². The van der Waals surface area contributed by atoms with Gasteiger partial charge in [-0.3, -0.25) is 4.98 Å². The standard InChI is InChI=1S/C13H13Cl2N/c1-13(2,3)12-7-10(15)9-5-4-8(14)6-11(9)16-12/h4-7H,1-3H3. The topological polar surface area (TPSA) is 12.9 Å². The third kappa shape index (κ3) is 2.16. The average molecular weight is 254 g/mol. The van der Waals surface area contributed by atoms with Gasteiger partial charge < -0.3 is 0 Å². The normalized spacial score (nSPS) is 12.1. The summed E-state index contributed by atoms with van der Waals surface area (Å²) in [6, 6.07) is 7.50. The quantitative estimate of drug-likeness (QED) is 0.655. The molecule has 0 fully saturated rings. The Kier molecular flexibility index (Phi) is 2.85. The van der Waals surface area contributed by atoms with Crippen LogP contribution in [0.15, 0.2) is 24.3 Å². The maximum atomic E-state index is 6.24. The first-order valence-electron chi connectivity index (χ1n) is 5.14. The van der Waals surface area contributed by atoms with E-state index in [1.165, 1.54) is 0 Å². The van der Waals surface area contributed by atoms with Crippen molar-refractivity contribution in [1.29, 1.82) is 0 Å². The number of benzene rings is 1. The second kappa shape index (κ2) is 3.90. The molecular weight excluding hydrogens is 241 g/mol. The van der Waals surface area contributed by atoms with Gasteiger partial charge in [-0.05, 0) is 24.3 Å². The van der Waals surface area contributed by atoms with Crippen molar-refractivity contribution in [3.8, 4) is 0 Å². The van der Waals surface area contributed by atoms with Gasteiger partial charge in [-0.15, -0.1) is 0 Å². The fourth-order valence-corrected chi connectivity index (χ4v) is 1.97. The summed E-state index contributed by atoms with van der Waals surface area (Å²) in [7, 11) is 0. The van der Waals surface area contributed by atoms with E-state index in [2.05, 4.69) is 25.8 Å². The second-order valence-corrected chi connectivity index (χ2v) is 5.74. The molecule has 1 aromatic heterocycles. The Balaban J connectivity index is 2.75. The van der Waals surface area contributed by atoms with Crippen LogP contribution in [0.1, 0.15) is 26.5 Å². The Morgan fingerprint density at radius 1 is 1.06 bits per heavy atom. The average Bonchev–Trinajstić information content (AvgIpc) is 2.15. The van der Waals surface area contributed by atoms with E-state index < -0.39 is 0 Å². The lowest BCUT2D eigenvalue weighted by Crippen LogP contribution is -2.13. The van der Waals surface area contributed by atoms with E-state index in [-0.39, 0.29) is 5.41 Å². The van der Waals surface area contributed by atoms with Crippen LogP contribution in [-0.2, 0) is 5.41 Å². The number of nitrogens with zero attached hydrogens (tertiary/aromatic N) is 1. The van der Waals surface area contributed by atoms with Crippen LogP contribution in [0.25, 0.3) is 10.9 Å². The van der Waals surface area contributed by atoms with Gasteiger partial charge in [0, 0.05) is 21.5 Å². The SMILES string of the molecule is CC(C)(C)c1cc(Cl)c2ccc(Cl)cc2n1. The number of fused-ring (bicyclic) bond motifs is 1. The van der Waals surface area contributed by atoms with Crippen molar-refractivity contribution >= 4 is 34.1 Å². The van der Waals surface area contributed by atoms with Crippen LogP contribution in [-0.4, -0.2) is 4.98 Å². The number of halogens is 2. The van der Waals surface area contributed by atoms with Gasteiger partial charge in [0.05, 0.1) is 10.5 Å². The molecule has 0 bridgehead atoms. The van der Waals surface area contributed by atoms with E-state index in [4.69, 9.17) is 23.2 Å². The van der Waals surface area contributed by atoms with Gasteiger partial charge in [-0.1, -0.05) is 44.0 Å². The molecule has 2 aromatic rings. The minimum absolute atomic E-state index is 0.0137. The summed E-state index contributed by atoms with van der Waals surface area (Å²) in [4.78, 5) is 4.60. The summed E-state index contributed by atoms with van der Waals surface area (Å²) >= 11 is 12.2. The van der Waals surface area contributed by atoms with Crippen molar-refractivity contribution in [3.05, 3.63) is 40.0 Å². The van der Waals surface area contributed by atoms with Gasteiger partial charge in [0.15, 0.2) is 0 Å². The number of pyridine rings is 1. The van der Waals surface area contributed by atoms with E-state index in [0.717, 1.165) is 21.6 Å². The van der Waals surface area contributed by atoms with Gasteiger partial charge in [0.25, 0.3) is 0 Å². The predicted molar refractivity (Wildman–Crippen MR) is 70.5 cm³/mol. The van der Waals surface area contributed by atoms with Crippen molar-refractivity contribution in [2.45, 2.75) is 26.2 Å². The minimum Gasteiger partial charge on any atom is -0.252 e. The van der Waals surface area contributed by atoms with E-state index in [9.17, 15) is 0 Å². The first-order chi connectivity index (χ1) is 7.38. The highest BCUT2D eigenvalue weighted by Crippen LogP contribution is 2.30. The molecule has 0 N–H and O–H groups in total. The van der Waals surface area contributed by atoms with Crippen molar-refractivity contribution in [2.75, 3.05) is 0 Å². The highest BCUT2D eigenvalue weighted by atomic mass is 35.5. The lowest BCUT2D eigenvalue weighted by Gasteiger charge is -2.18. The van der Waals surface area contributed by atoms with Crippen molar-refractivity contribution in [3.63, 3.8) is 0 Å².